The van der Waals surface area contributed by atoms with Gasteiger partial charge < -0.3 is 5.73 Å². The first-order chi connectivity index (χ1) is 9.15. The molecule has 0 saturated heterocycles. The molecular weight excluding hydrogens is 266 g/mol. The number of hydrogen-bond acceptors (Lipinski definition) is 5. The lowest BCUT2D eigenvalue weighted by Gasteiger charge is -1.97. The zero-order chi connectivity index (χ0) is 13.7. The first kappa shape index (κ1) is 13.1. The van der Waals surface area contributed by atoms with E-state index >= 15 is 0 Å². The maximum atomic E-state index is 11.2. The minimum absolute atomic E-state index is 0.0228. The lowest BCUT2D eigenvalue weighted by Crippen LogP contribution is -2.36. The fourth-order valence-electron chi connectivity index (χ4n) is 1.34. The Labute approximate surface area is 113 Å². The average Bonchev–Trinajstić information content (AvgIpc) is 2.85. The van der Waals surface area contributed by atoms with Gasteiger partial charge in [-0.15, -0.1) is 5.10 Å². The van der Waals surface area contributed by atoms with Crippen LogP contribution in [-0.2, 0) is 4.79 Å². The summed E-state index contributed by atoms with van der Waals surface area (Å²) < 4.78 is 0. The van der Waals surface area contributed by atoms with Crippen molar-refractivity contribution in [1.29, 1.82) is 0 Å². The second-order valence-corrected chi connectivity index (χ2v) is 4.48. The minimum Gasteiger partial charge on any atom is -0.351 e. The van der Waals surface area contributed by atoms with Crippen LogP contribution in [0.25, 0.3) is 11.4 Å². The molecule has 0 aliphatic heterocycles. The van der Waals surface area contributed by atoms with Crippen molar-refractivity contribution in [3.8, 4) is 11.4 Å². The van der Waals surface area contributed by atoms with Crippen molar-refractivity contribution in [2.24, 2.45) is 5.73 Å². The minimum atomic E-state index is -0.870. The predicted molar refractivity (Wildman–Crippen MR) is 70.3 cm³/mol. The van der Waals surface area contributed by atoms with Gasteiger partial charge in [-0.1, -0.05) is 42.1 Å². The van der Waals surface area contributed by atoms with Crippen LogP contribution >= 0.6 is 11.8 Å². The number of imide groups is 1. The number of aromatic amines is 1. The van der Waals surface area contributed by atoms with Gasteiger partial charge in [0.05, 0.1) is 5.75 Å². The van der Waals surface area contributed by atoms with E-state index in [9.17, 15) is 9.59 Å². The Morgan fingerprint density at radius 2 is 2.05 bits per heavy atom. The molecule has 0 aliphatic rings. The molecule has 0 bridgehead atoms. The number of carbonyl (C=O) groups excluding carboxylic acids is 2. The van der Waals surface area contributed by atoms with Gasteiger partial charge in [-0.2, -0.15) is 0 Å². The maximum absolute atomic E-state index is 11.2. The Morgan fingerprint density at radius 3 is 2.74 bits per heavy atom. The van der Waals surface area contributed by atoms with Gasteiger partial charge in [-0.3, -0.25) is 15.2 Å². The predicted octanol–water partition coefficient (Wildman–Crippen LogP) is 0.759. The maximum Gasteiger partial charge on any atom is 0.318 e. The number of nitrogens with one attached hydrogen (secondary N) is 2. The normalized spacial score (nSPS) is 10.1. The molecule has 8 heteroatoms. The van der Waals surface area contributed by atoms with Crippen LogP contribution in [0.15, 0.2) is 35.5 Å². The smallest absolute Gasteiger partial charge is 0.318 e. The molecule has 1 heterocycles. The number of aromatic nitrogens is 3. The van der Waals surface area contributed by atoms with E-state index in [4.69, 9.17) is 5.73 Å². The number of benzene rings is 1. The number of nitrogens with two attached hydrogens (primary N) is 1. The zero-order valence-electron chi connectivity index (χ0n) is 9.79. The van der Waals surface area contributed by atoms with Crippen molar-refractivity contribution >= 4 is 23.7 Å². The van der Waals surface area contributed by atoms with Crippen molar-refractivity contribution < 1.29 is 9.59 Å². The summed E-state index contributed by atoms with van der Waals surface area (Å²) in [5.41, 5.74) is 5.73. The highest BCUT2D eigenvalue weighted by atomic mass is 32.2. The highest BCUT2D eigenvalue weighted by Gasteiger charge is 2.09. The molecule has 0 saturated carbocycles. The van der Waals surface area contributed by atoms with E-state index in [1.807, 2.05) is 35.6 Å². The molecule has 7 nitrogen and oxygen atoms in total. The van der Waals surface area contributed by atoms with Gasteiger partial charge in [0.2, 0.25) is 11.1 Å². The third kappa shape index (κ3) is 3.81. The van der Waals surface area contributed by atoms with Crippen LogP contribution in [0, 0.1) is 0 Å². The molecule has 98 valence electrons. The Kier molecular flexibility index (Phi) is 4.14. The summed E-state index contributed by atoms with van der Waals surface area (Å²) in [5.74, 6) is 0.164. The molecule has 0 fully saturated rings. The van der Waals surface area contributed by atoms with Crippen molar-refractivity contribution in [2.75, 3.05) is 5.75 Å². The van der Waals surface area contributed by atoms with E-state index in [1.165, 1.54) is 0 Å². The lowest BCUT2D eigenvalue weighted by molar-refractivity contribution is -0.117. The van der Waals surface area contributed by atoms with E-state index in [0.29, 0.717) is 11.0 Å². The van der Waals surface area contributed by atoms with E-state index in [1.54, 1.807) is 0 Å². The summed E-state index contributed by atoms with van der Waals surface area (Å²) in [7, 11) is 0. The number of carbonyl (C=O) groups is 2. The van der Waals surface area contributed by atoms with Crippen LogP contribution in [0.5, 0.6) is 0 Å². The van der Waals surface area contributed by atoms with Gasteiger partial charge in [-0.25, -0.2) is 9.78 Å². The molecule has 3 amide bonds. The van der Waals surface area contributed by atoms with Crippen LogP contribution in [0.1, 0.15) is 0 Å². The van der Waals surface area contributed by atoms with Gasteiger partial charge in [0.25, 0.3) is 0 Å². The molecule has 0 unspecified atom stereocenters. The lowest BCUT2D eigenvalue weighted by atomic mass is 10.2. The van der Waals surface area contributed by atoms with Crippen molar-refractivity contribution in [1.82, 2.24) is 20.5 Å². The summed E-state index contributed by atoms with van der Waals surface area (Å²) in [4.78, 5) is 25.9. The topological polar surface area (TPSA) is 114 Å². The quantitative estimate of drug-likeness (QED) is 0.714. The Bertz CT molecular complexity index is 584. The number of nitrogens with zero attached hydrogens (tertiary/aromatic N) is 2. The van der Waals surface area contributed by atoms with E-state index in [0.717, 1.165) is 17.3 Å². The first-order valence-corrected chi connectivity index (χ1v) is 6.33. The van der Waals surface area contributed by atoms with Crippen LogP contribution in [0.2, 0.25) is 0 Å². The van der Waals surface area contributed by atoms with Crippen LogP contribution < -0.4 is 11.1 Å². The number of H-pyrrole nitrogens is 1. The fourth-order valence-corrected chi connectivity index (χ4v) is 1.94. The second-order valence-electron chi connectivity index (χ2n) is 3.53. The van der Waals surface area contributed by atoms with Crippen molar-refractivity contribution in [3.05, 3.63) is 30.3 Å². The Morgan fingerprint density at radius 1 is 1.32 bits per heavy atom. The summed E-state index contributed by atoms with van der Waals surface area (Å²) in [6, 6.07) is 8.62. The number of rotatable bonds is 4. The van der Waals surface area contributed by atoms with Gasteiger partial charge in [0.1, 0.15) is 0 Å². The number of thioether (sulfide) groups is 1. The average molecular weight is 277 g/mol. The Balaban J connectivity index is 1.95. The highest BCUT2D eigenvalue weighted by molar-refractivity contribution is 7.99. The molecule has 0 radical (unpaired) electrons. The summed E-state index contributed by atoms with van der Waals surface area (Å²) in [6.07, 6.45) is 0. The number of primary amides is 1. The SMILES string of the molecule is NC(=O)NC(=O)CSc1n[nH]c(-c2ccccc2)n1. The third-order valence-corrected chi connectivity index (χ3v) is 2.95. The number of amides is 3. The molecule has 19 heavy (non-hydrogen) atoms. The standard InChI is InChI=1S/C11H11N5O2S/c12-10(18)13-8(17)6-19-11-14-9(15-16-11)7-4-2-1-3-5-7/h1-5H,6H2,(H,14,15,16)(H3,12,13,17,18). The molecule has 1 aromatic carbocycles. The summed E-state index contributed by atoms with van der Waals surface area (Å²) in [6.45, 7) is 0. The molecule has 0 spiro atoms. The van der Waals surface area contributed by atoms with Crippen molar-refractivity contribution in [3.63, 3.8) is 0 Å². The van der Waals surface area contributed by atoms with Crippen LogP contribution in [-0.4, -0.2) is 32.9 Å². The van der Waals surface area contributed by atoms with E-state index < -0.39 is 11.9 Å². The van der Waals surface area contributed by atoms with Crippen LogP contribution in [0.3, 0.4) is 0 Å². The third-order valence-electron chi connectivity index (χ3n) is 2.11. The molecule has 4 N–H and O–H groups in total. The number of urea groups is 1. The monoisotopic (exact) mass is 277 g/mol. The van der Waals surface area contributed by atoms with Gasteiger partial charge in [0.15, 0.2) is 5.82 Å². The second kappa shape index (κ2) is 6.01. The fraction of sp³-hybridized carbons (Fsp3) is 0.0909. The molecule has 1 aromatic heterocycles. The van der Waals surface area contributed by atoms with Crippen LogP contribution in [0.4, 0.5) is 4.79 Å². The highest BCUT2D eigenvalue weighted by Crippen LogP contribution is 2.18. The van der Waals surface area contributed by atoms with Gasteiger partial charge in [-0.05, 0) is 0 Å². The summed E-state index contributed by atoms with van der Waals surface area (Å²) in [5, 5.41) is 9.15. The molecule has 0 atom stereocenters. The Hall–Kier alpha value is -2.35. The van der Waals surface area contributed by atoms with Crippen molar-refractivity contribution in [2.45, 2.75) is 5.16 Å². The van der Waals surface area contributed by atoms with E-state index in [2.05, 4.69) is 15.2 Å². The molecule has 2 aromatic rings. The largest absolute Gasteiger partial charge is 0.351 e. The van der Waals surface area contributed by atoms with Gasteiger partial charge >= 0.3 is 6.03 Å². The molecular formula is C11H11N5O2S. The first-order valence-electron chi connectivity index (χ1n) is 5.35. The molecule has 0 aliphatic carbocycles. The zero-order valence-corrected chi connectivity index (χ0v) is 10.6. The number of hydrogen-bond donors (Lipinski definition) is 3. The molecule has 2 rings (SSSR count). The summed E-state index contributed by atoms with van der Waals surface area (Å²) >= 11 is 1.11. The van der Waals surface area contributed by atoms with E-state index in [-0.39, 0.29) is 5.75 Å². The van der Waals surface area contributed by atoms with Gasteiger partial charge in [0, 0.05) is 5.56 Å².